The van der Waals surface area contributed by atoms with Gasteiger partial charge in [-0.2, -0.15) is 0 Å². The van der Waals surface area contributed by atoms with Crippen molar-refractivity contribution in [3.8, 4) is 0 Å². The summed E-state index contributed by atoms with van der Waals surface area (Å²) in [6.07, 6.45) is 0. The third-order valence-corrected chi connectivity index (χ3v) is 4.82. The van der Waals surface area contributed by atoms with Crippen LogP contribution in [0.4, 0.5) is 15.8 Å². The van der Waals surface area contributed by atoms with E-state index in [1.807, 2.05) is 0 Å². The number of nitro groups is 1. The Kier molecular flexibility index (Phi) is 4.98. The Morgan fingerprint density at radius 1 is 1.08 bits per heavy atom. The highest BCUT2D eigenvalue weighted by molar-refractivity contribution is 9.10. The van der Waals surface area contributed by atoms with E-state index in [0.717, 1.165) is 5.69 Å². The van der Waals surface area contributed by atoms with Crippen LogP contribution in [-0.4, -0.2) is 41.9 Å². The zero-order valence-corrected chi connectivity index (χ0v) is 14.8. The second-order valence-corrected chi connectivity index (χ2v) is 6.53. The van der Waals surface area contributed by atoms with Gasteiger partial charge in [-0.05, 0) is 52.3 Å². The first-order chi connectivity index (χ1) is 12.0. The van der Waals surface area contributed by atoms with Crippen molar-refractivity contribution in [2.45, 2.75) is 0 Å². The fourth-order valence-electron chi connectivity index (χ4n) is 2.79. The second-order valence-electron chi connectivity index (χ2n) is 5.68. The van der Waals surface area contributed by atoms with Gasteiger partial charge >= 0.3 is 0 Å². The number of anilines is 1. The van der Waals surface area contributed by atoms with Crippen LogP contribution in [0.3, 0.4) is 0 Å². The molecular formula is C17H15BrFN3O3. The fraction of sp³-hybridized carbons (Fsp3) is 0.235. The summed E-state index contributed by atoms with van der Waals surface area (Å²) in [6, 6.07) is 10.6. The lowest BCUT2D eigenvalue weighted by Gasteiger charge is -2.36. The average Bonchev–Trinajstić information content (AvgIpc) is 2.62. The summed E-state index contributed by atoms with van der Waals surface area (Å²) < 4.78 is 13.3. The minimum atomic E-state index is -0.521. The normalized spacial score (nSPS) is 14.5. The second kappa shape index (κ2) is 7.18. The van der Waals surface area contributed by atoms with E-state index >= 15 is 0 Å². The summed E-state index contributed by atoms with van der Waals surface area (Å²) in [7, 11) is 0. The Balaban J connectivity index is 1.68. The van der Waals surface area contributed by atoms with Gasteiger partial charge in [-0.1, -0.05) is 0 Å². The molecule has 1 heterocycles. The molecular weight excluding hydrogens is 393 g/mol. The number of amides is 1. The summed E-state index contributed by atoms with van der Waals surface area (Å²) in [6.45, 7) is 2.24. The van der Waals surface area contributed by atoms with Crippen LogP contribution in [0, 0.1) is 15.9 Å². The van der Waals surface area contributed by atoms with Crippen LogP contribution >= 0.6 is 15.9 Å². The molecule has 6 nitrogen and oxygen atoms in total. The molecule has 0 N–H and O–H groups in total. The molecule has 1 aliphatic heterocycles. The molecule has 8 heteroatoms. The third-order valence-electron chi connectivity index (χ3n) is 4.15. The molecule has 1 amide bonds. The maximum atomic E-state index is 13.0. The van der Waals surface area contributed by atoms with Crippen molar-refractivity contribution in [1.82, 2.24) is 4.90 Å². The largest absolute Gasteiger partial charge is 0.368 e. The van der Waals surface area contributed by atoms with Crippen LogP contribution < -0.4 is 4.90 Å². The zero-order chi connectivity index (χ0) is 18.0. The molecule has 1 aliphatic rings. The topological polar surface area (TPSA) is 66.7 Å². The highest BCUT2D eigenvalue weighted by Crippen LogP contribution is 2.26. The average molecular weight is 408 g/mol. The SMILES string of the molecule is O=C(c1ccc(Br)c([N+](=O)[O-])c1)N1CCN(c2ccc(F)cc2)CC1. The number of piperazine rings is 1. The summed E-state index contributed by atoms with van der Waals surface area (Å²) in [4.78, 5) is 26.8. The lowest BCUT2D eigenvalue weighted by Crippen LogP contribution is -2.48. The molecule has 3 rings (SSSR count). The summed E-state index contributed by atoms with van der Waals surface area (Å²) in [5, 5.41) is 11.0. The van der Waals surface area contributed by atoms with E-state index in [1.54, 1.807) is 23.1 Å². The zero-order valence-electron chi connectivity index (χ0n) is 13.2. The molecule has 25 heavy (non-hydrogen) atoms. The molecule has 0 saturated carbocycles. The van der Waals surface area contributed by atoms with Crippen molar-refractivity contribution in [1.29, 1.82) is 0 Å². The van der Waals surface area contributed by atoms with Gasteiger partial charge in [0.25, 0.3) is 11.6 Å². The molecule has 1 saturated heterocycles. The molecule has 2 aromatic carbocycles. The molecule has 0 spiro atoms. The number of halogens is 2. The predicted molar refractivity (Wildman–Crippen MR) is 95.3 cm³/mol. The molecule has 0 unspecified atom stereocenters. The van der Waals surface area contributed by atoms with Gasteiger partial charge in [0.2, 0.25) is 0 Å². The number of nitro benzene ring substituents is 1. The number of carbonyl (C=O) groups excluding carboxylic acids is 1. The standard InChI is InChI=1S/C17H15BrFN3O3/c18-15-6-1-12(11-16(15)22(24)25)17(23)21-9-7-20(8-10-21)14-4-2-13(19)3-5-14/h1-6,11H,7-10H2. The molecule has 0 radical (unpaired) electrons. The molecule has 0 aliphatic carbocycles. The number of nitrogens with zero attached hydrogens (tertiary/aromatic N) is 3. The van der Waals surface area contributed by atoms with Crippen molar-refractivity contribution in [2.24, 2.45) is 0 Å². The Morgan fingerprint density at radius 2 is 1.72 bits per heavy atom. The number of hydrogen-bond donors (Lipinski definition) is 0. The van der Waals surface area contributed by atoms with Crippen molar-refractivity contribution in [3.63, 3.8) is 0 Å². The van der Waals surface area contributed by atoms with E-state index in [1.165, 1.54) is 24.3 Å². The summed E-state index contributed by atoms with van der Waals surface area (Å²) in [5.41, 5.74) is 1.08. The van der Waals surface area contributed by atoms with Crippen LogP contribution in [-0.2, 0) is 0 Å². The maximum absolute atomic E-state index is 13.0. The van der Waals surface area contributed by atoms with E-state index in [2.05, 4.69) is 20.8 Å². The molecule has 0 atom stereocenters. The molecule has 1 fully saturated rings. The molecule has 2 aromatic rings. The van der Waals surface area contributed by atoms with Crippen molar-refractivity contribution >= 4 is 33.2 Å². The number of rotatable bonds is 3. The van der Waals surface area contributed by atoms with Gasteiger partial charge < -0.3 is 9.80 Å². The first-order valence-corrected chi connectivity index (χ1v) is 8.49. The fourth-order valence-corrected chi connectivity index (χ4v) is 3.18. The van der Waals surface area contributed by atoms with E-state index in [0.29, 0.717) is 36.2 Å². The van der Waals surface area contributed by atoms with Crippen LogP contribution in [0.15, 0.2) is 46.9 Å². The number of benzene rings is 2. The number of hydrogen-bond acceptors (Lipinski definition) is 4. The van der Waals surface area contributed by atoms with Gasteiger partial charge in [0.1, 0.15) is 5.82 Å². The van der Waals surface area contributed by atoms with Gasteiger partial charge in [-0.25, -0.2) is 4.39 Å². The van der Waals surface area contributed by atoms with Gasteiger partial charge in [0, 0.05) is 43.5 Å². The van der Waals surface area contributed by atoms with E-state index in [4.69, 9.17) is 0 Å². The van der Waals surface area contributed by atoms with Crippen molar-refractivity contribution < 1.29 is 14.1 Å². The highest BCUT2D eigenvalue weighted by Gasteiger charge is 2.24. The number of carbonyl (C=O) groups is 1. The third kappa shape index (κ3) is 3.79. The minimum Gasteiger partial charge on any atom is -0.368 e. The first-order valence-electron chi connectivity index (χ1n) is 7.69. The monoisotopic (exact) mass is 407 g/mol. The Labute approximate surface area is 152 Å². The Bertz CT molecular complexity index is 805. The quantitative estimate of drug-likeness (QED) is 0.577. The minimum absolute atomic E-state index is 0.129. The van der Waals surface area contributed by atoms with Crippen molar-refractivity contribution in [3.05, 3.63) is 68.4 Å². The van der Waals surface area contributed by atoms with Gasteiger partial charge in [0.05, 0.1) is 9.40 Å². The highest BCUT2D eigenvalue weighted by atomic mass is 79.9. The lowest BCUT2D eigenvalue weighted by molar-refractivity contribution is -0.385. The van der Waals surface area contributed by atoms with Crippen LogP contribution in [0.1, 0.15) is 10.4 Å². The maximum Gasteiger partial charge on any atom is 0.284 e. The Hall–Kier alpha value is -2.48. The summed E-state index contributed by atoms with van der Waals surface area (Å²) in [5.74, 6) is -0.510. The van der Waals surface area contributed by atoms with Crippen LogP contribution in [0.25, 0.3) is 0 Å². The molecule has 0 aromatic heterocycles. The first kappa shape index (κ1) is 17.3. The van der Waals surface area contributed by atoms with Gasteiger partial charge in [0.15, 0.2) is 0 Å². The van der Waals surface area contributed by atoms with Crippen LogP contribution in [0.5, 0.6) is 0 Å². The predicted octanol–water partition coefficient (Wildman–Crippen LogP) is 3.46. The van der Waals surface area contributed by atoms with Crippen LogP contribution in [0.2, 0.25) is 0 Å². The lowest BCUT2D eigenvalue weighted by atomic mass is 10.1. The van der Waals surface area contributed by atoms with Gasteiger partial charge in [-0.3, -0.25) is 14.9 Å². The molecule has 130 valence electrons. The smallest absolute Gasteiger partial charge is 0.284 e. The summed E-state index contributed by atoms with van der Waals surface area (Å²) >= 11 is 3.12. The van der Waals surface area contributed by atoms with E-state index < -0.39 is 4.92 Å². The molecule has 0 bridgehead atoms. The van der Waals surface area contributed by atoms with Gasteiger partial charge in [-0.15, -0.1) is 0 Å². The van der Waals surface area contributed by atoms with E-state index in [9.17, 15) is 19.3 Å². The van der Waals surface area contributed by atoms with Crippen molar-refractivity contribution in [2.75, 3.05) is 31.1 Å². The van der Waals surface area contributed by atoms with E-state index in [-0.39, 0.29) is 17.4 Å². The Morgan fingerprint density at radius 3 is 2.32 bits per heavy atom.